The van der Waals surface area contributed by atoms with Crippen LogP contribution in [0.15, 0.2) is 45.7 Å². The fourth-order valence-electron chi connectivity index (χ4n) is 2.43. The Morgan fingerprint density at radius 3 is 2.56 bits per heavy atom. The number of furan rings is 1. The number of aryl methyl sites for hydroxylation is 1. The van der Waals surface area contributed by atoms with Gasteiger partial charge in [-0.05, 0) is 61.4 Å². The van der Waals surface area contributed by atoms with Crippen molar-refractivity contribution in [3.63, 3.8) is 0 Å². The van der Waals surface area contributed by atoms with Crippen LogP contribution in [0.4, 0.5) is 5.69 Å². The number of primary sulfonamides is 1. The minimum absolute atomic E-state index is 0.0673. The van der Waals surface area contributed by atoms with Gasteiger partial charge in [0, 0.05) is 16.1 Å². The molecule has 130 valence electrons. The van der Waals surface area contributed by atoms with Gasteiger partial charge in [0.05, 0.1) is 4.90 Å². The molecule has 3 N–H and O–H groups in total. The monoisotopic (exact) mass is 378 g/mol. The summed E-state index contributed by atoms with van der Waals surface area (Å²) >= 11 is 5.92. The van der Waals surface area contributed by atoms with E-state index in [0.717, 1.165) is 5.56 Å². The molecule has 1 aromatic heterocycles. The van der Waals surface area contributed by atoms with Crippen molar-refractivity contribution < 1.29 is 17.6 Å². The van der Waals surface area contributed by atoms with Gasteiger partial charge in [0.25, 0.3) is 5.91 Å². The summed E-state index contributed by atoms with van der Waals surface area (Å²) in [5.41, 5.74) is 2.31. The molecule has 3 aromatic rings. The van der Waals surface area contributed by atoms with Gasteiger partial charge in [-0.2, -0.15) is 0 Å². The molecule has 0 aliphatic carbocycles. The molecular weight excluding hydrogens is 364 g/mol. The molecular formula is C17H15ClN2O4S. The third-order valence-corrected chi connectivity index (χ3v) is 5.05. The number of benzene rings is 2. The Hall–Kier alpha value is -2.35. The van der Waals surface area contributed by atoms with E-state index in [1.165, 1.54) is 12.1 Å². The number of rotatable bonds is 3. The minimum atomic E-state index is -3.88. The molecule has 0 fully saturated rings. The first kappa shape index (κ1) is 17.5. The summed E-state index contributed by atoms with van der Waals surface area (Å²) in [5.74, 6) is -0.406. The SMILES string of the molecule is Cc1cc(S(N)(=O)=O)cc(NC(=O)c2cc3cc(Cl)ccc3o2)c1C. The summed E-state index contributed by atoms with van der Waals surface area (Å²) in [5, 5.41) is 9.08. The second-order valence-electron chi connectivity index (χ2n) is 5.70. The van der Waals surface area contributed by atoms with Crippen molar-refractivity contribution in [3.8, 4) is 0 Å². The lowest BCUT2D eigenvalue weighted by atomic mass is 10.1. The summed E-state index contributed by atoms with van der Waals surface area (Å²) in [6, 6.07) is 9.39. The fourth-order valence-corrected chi connectivity index (χ4v) is 3.23. The fraction of sp³-hybridized carbons (Fsp3) is 0.118. The van der Waals surface area contributed by atoms with E-state index in [9.17, 15) is 13.2 Å². The largest absolute Gasteiger partial charge is 0.451 e. The molecule has 0 aliphatic heterocycles. The van der Waals surface area contributed by atoms with Gasteiger partial charge in [-0.25, -0.2) is 13.6 Å². The lowest BCUT2D eigenvalue weighted by Crippen LogP contribution is -2.16. The van der Waals surface area contributed by atoms with Crippen LogP contribution in [0.2, 0.25) is 5.02 Å². The molecule has 0 unspecified atom stereocenters. The van der Waals surface area contributed by atoms with Gasteiger partial charge in [-0.15, -0.1) is 0 Å². The number of hydrogen-bond donors (Lipinski definition) is 2. The Morgan fingerprint density at radius 1 is 1.16 bits per heavy atom. The molecule has 0 bridgehead atoms. The Morgan fingerprint density at radius 2 is 1.88 bits per heavy atom. The van der Waals surface area contributed by atoms with Crippen molar-refractivity contribution in [1.29, 1.82) is 0 Å². The van der Waals surface area contributed by atoms with Crippen LogP contribution >= 0.6 is 11.6 Å². The van der Waals surface area contributed by atoms with E-state index in [2.05, 4.69) is 5.32 Å². The summed E-state index contributed by atoms with van der Waals surface area (Å²) in [4.78, 5) is 12.4. The number of sulfonamides is 1. The molecule has 0 saturated carbocycles. The molecule has 0 atom stereocenters. The third-order valence-electron chi connectivity index (χ3n) is 3.92. The lowest BCUT2D eigenvalue weighted by Gasteiger charge is -2.12. The number of amides is 1. The van der Waals surface area contributed by atoms with Gasteiger partial charge in [0.2, 0.25) is 10.0 Å². The number of nitrogens with one attached hydrogen (secondary N) is 1. The Bertz CT molecular complexity index is 1100. The second-order valence-corrected chi connectivity index (χ2v) is 7.70. The van der Waals surface area contributed by atoms with Gasteiger partial charge in [-0.1, -0.05) is 11.6 Å². The van der Waals surface area contributed by atoms with Crippen LogP contribution in [0.3, 0.4) is 0 Å². The van der Waals surface area contributed by atoms with Crippen molar-refractivity contribution in [2.45, 2.75) is 18.7 Å². The van der Waals surface area contributed by atoms with E-state index in [0.29, 0.717) is 27.2 Å². The van der Waals surface area contributed by atoms with Gasteiger partial charge in [0.1, 0.15) is 5.58 Å². The van der Waals surface area contributed by atoms with Crippen molar-refractivity contribution in [2.24, 2.45) is 5.14 Å². The van der Waals surface area contributed by atoms with Crippen molar-refractivity contribution in [3.05, 3.63) is 58.3 Å². The maximum Gasteiger partial charge on any atom is 0.291 e. The minimum Gasteiger partial charge on any atom is -0.451 e. The van der Waals surface area contributed by atoms with E-state index >= 15 is 0 Å². The maximum atomic E-state index is 12.5. The highest BCUT2D eigenvalue weighted by molar-refractivity contribution is 7.89. The van der Waals surface area contributed by atoms with Crippen LogP contribution in [0, 0.1) is 13.8 Å². The molecule has 2 aromatic carbocycles. The van der Waals surface area contributed by atoms with Crippen LogP contribution in [-0.2, 0) is 10.0 Å². The second kappa shape index (κ2) is 6.18. The normalized spacial score (nSPS) is 11.7. The average Bonchev–Trinajstić information content (AvgIpc) is 2.93. The van der Waals surface area contributed by atoms with E-state index in [4.69, 9.17) is 21.2 Å². The van der Waals surface area contributed by atoms with Crippen LogP contribution < -0.4 is 10.5 Å². The van der Waals surface area contributed by atoms with Gasteiger partial charge < -0.3 is 9.73 Å². The van der Waals surface area contributed by atoms with Crippen LogP contribution in [0.1, 0.15) is 21.7 Å². The zero-order valence-electron chi connectivity index (χ0n) is 13.5. The average molecular weight is 379 g/mol. The molecule has 0 radical (unpaired) electrons. The Labute approximate surface area is 149 Å². The molecule has 3 rings (SSSR count). The van der Waals surface area contributed by atoms with E-state index in [1.54, 1.807) is 38.1 Å². The molecule has 1 amide bonds. The number of hydrogen-bond acceptors (Lipinski definition) is 4. The molecule has 0 saturated heterocycles. The highest BCUT2D eigenvalue weighted by atomic mass is 35.5. The van der Waals surface area contributed by atoms with Crippen molar-refractivity contribution in [2.75, 3.05) is 5.32 Å². The zero-order valence-corrected chi connectivity index (χ0v) is 15.0. The lowest BCUT2D eigenvalue weighted by molar-refractivity contribution is 0.0998. The van der Waals surface area contributed by atoms with Crippen molar-refractivity contribution in [1.82, 2.24) is 0 Å². The predicted octanol–water partition coefficient (Wildman–Crippen LogP) is 3.60. The highest BCUT2D eigenvalue weighted by Gasteiger charge is 2.17. The number of carbonyl (C=O) groups is 1. The zero-order chi connectivity index (χ0) is 18.4. The van der Waals surface area contributed by atoms with Crippen LogP contribution in [-0.4, -0.2) is 14.3 Å². The third kappa shape index (κ3) is 3.53. The number of nitrogens with two attached hydrogens (primary N) is 1. The Balaban J connectivity index is 1.98. The first-order valence-electron chi connectivity index (χ1n) is 7.29. The summed E-state index contributed by atoms with van der Waals surface area (Å²) in [6.07, 6.45) is 0. The molecule has 0 spiro atoms. The first-order chi connectivity index (χ1) is 11.6. The number of carbonyl (C=O) groups excluding carboxylic acids is 1. The molecule has 1 heterocycles. The topological polar surface area (TPSA) is 102 Å². The molecule has 6 nitrogen and oxygen atoms in total. The van der Waals surface area contributed by atoms with E-state index in [1.807, 2.05) is 0 Å². The highest BCUT2D eigenvalue weighted by Crippen LogP contribution is 2.26. The molecule has 0 aliphatic rings. The maximum absolute atomic E-state index is 12.5. The van der Waals surface area contributed by atoms with Gasteiger partial charge in [-0.3, -0.25) is 4.79 Å². The van der Waals surface area contributed by atoms with E-state index in [-0.39, 0.29) is 10.7 Å². The summed E-state index contributed by atoms with van der Waals surface area (Å²) < 4.78 is 28.7. The first-order valence-corrected chi connectivity index (χ1v) is 9.22. The number of anilines is 1. The predicted molar refractivity (Wildman–Crippen MR) is 96.5 cm³/mol. The molecule has 8 heteroatoms. The standard InChI is InChI=1S/C17H15ClN2O4S/c1-9-5-13(25(19,22)23)8-14(10(9)2)20-17(21)16-7-11-6-12(18)3-4-15(11)24-16/h3-8H,1-2H3,(H,20,21)(H2,19,22,23). The van der Waals surface area contributed by atoms with Gasteiger partial charge in [0.15, 0.2) is 5.76 Å². The molecule has 25 heavy (non-hydrogen) atoms. The number of halogens is 1. The summed E-state index contributed by atoms with van der Waals surface area (Å²) in [6.45, 7) is 3.51. The van der Waals surface area contributed by atoms with Gasteiger partial charge >= 0.3 is 0 Å². The smallest absolute Gasteiger partial charge is 0.291 e. The van der Waals surface area contributed by atoms with Crippen molar-refractivity contribution >= 4 is 44.2 Å². The summed E-state index contributed by atoms with van der Waals surface area (Å²) in [7, 11) is -3.88. The Kier molecular flexibility index (Phi) is 4.32. The quantitative estimate of drug-likeness (QED) is 0.726. The number of fused-ring (bicyclic) bond motifs is 1. The van der Waals surface area contributed by atoms with Crippen LogP contribution in [0.25, 0.3) is 11.0 Å². The van der Waals surface area contributed by atoms with Crippen LogP contribution in [0.5, 0.6) is 0 Å². The van der Waals surface area contributed by atoms with E-state index < -0.39 is 15.9 Å².